The first-order valence-corrected chi connectivity index (χ1v) is 7.47. The lowest BCUT2D eigenvalue weighted by atomic mass is 10.1. The topological polar surface area (TPSA) is 29.9 Å². The van der Waals surface area contributed by atoms with Crippen LogP contribution in [0.4, 0.5) is 0 Å². The van der Waals surface area contributed by atoms with E-state index >= 15 is 0 Å². The van der Waals surface area contributed by atoms with Crippen molar-refractivity contribution in [3.8, 4) is 5.69 Å². The summed E-state index contributed by atoms with van der Waals surface area (Å²) in [7, 11) is 0. The van der Waals surface area contributed by atoms with E-state index in [4.69, 9.17) is 0 Å². The Labute approximate surface area is 122 Å². The minimum Gasteiger partial charge on any atom is -0.310 e. The fourth-order valence-electron chi connectivity index (χ4n) is 2.31. The van der Waals surface area contributed by atoms with Gasteiger partial charge < -0.3 is 9.88 Å². The molecule has 108 valence electrons. The van der Waals surface area contributed by atoms with Gasteiger partial charge in [0.1, 0.15) is 5.82 Å². The Bertz CT molecular complexity index is 555. The Hall–Kier alpha value is -1.61. The highest BCUT2D eigenvalue weighted by molar-refractivity contribution is 5.44. The molecule has 2 aromatic rings. The van der Waals surface area contributed by atoms with E-state index < -0.39 is 0 Å². The third-order valence-corrected chi connectivity index (χ3v) is 3.44. The fraction of sp³-hybridized carbons (Fsp3) is 0.471. The first-order chi connectivity index (χ1) is 9.61. The lowest BCUT2D eigenvalue weighted by Crippen LogP contribution is -2.21. The van der Waals surface area contributed by atoms with Crippen LogP contribution in [0.25, 0.3) is 5.69 Å². The lowest BCUT2D eigenvalue weighted by molar-refractivity contribution is 0.588. The van der Waals surface area contributed by atoms with Crippen LogP contribution >= 0.6 is 0 Å². The van der Waals surface area contributed by atoms with Crippen LogP contribution in [-0.2, 0) is 13.0 Å². The van der Waals surface area contributed by atoms with Crippen molar-refractivity contribution in [2.45, 2.75) is 53.1 Å². The molecular formula is C17H25N3. The molecule has 0 radical (unpaired) electrons. The average molecular weight is 271 g/mol. The van der Waals surface area contributed by atoms with Crippen molar-refractivity contribution in [1.29, 1.82) is 0 Å². The summed E-state index contributed by atoms with van der Waals surface area (Å²) in [6.07, 6.45) is 6.09. The third kappa shape index (κ3) is 3.48. The highest BCUT2D eigenvalue weighted by Gasteiger charge is 2.08. The minimum absolute atomic E-state index is 0.503. The quantitative estimate of drug-likeness (QED) is 0.869. The Morgan fingerprint density at radius 2 is 2.10 bits per heavy atom. The summed E-state index contributed by atoms with van der Waals surface area (Å²) in [5, 5.41) is 3.47. The van der Waals surface area contributed by atoms with Crippen LogP contribution in [0.5, 0.6) is 0 Å². The van der Waals surface area contributed by atoms with Gasteiger partial charge in [-0.3, -0.25) is 0 Å². The van der Waals surface area contributed by atoms with Crippen molar-refractivity contribution >= 4 is 0 Å². The van der Waals surface area contributed by atoms with Gasteiger partial charge in [0.15, 0.2) is 0 Å². The van der Waals surface area contributed by atoms with Crippen LogP contribution in [0.3, 0.4) is 0 Å². The van der Waals surface area contributed by atoms with Crippen LogP contribution in [0.2, 0.25) is 0 Å². The second-order valence-corrected chi connectivity index (χ2v) is 5.62. The summed E-state index contributed by atoms with van der Waals surface area (Å²) in [5.41, 5.74) is 3.85. The van der Waals surface area contributed by atoms with Gasteiger partial charge in [0.05, 0.1) is 0 Å². The van der Waals surface area contributed by atoms with Crippen molar-refractivity contribution < 1.29 is 0 Å². The summed E-state index contributed by atoms with van der Waals surface area (Å²) in [6.45, 7) is 9.59. The van der Waals surface area contributed by atoms with E-state index in [2.05, 4.69) is 67.0 Å². The molecule has 1 aromatic carbocycles. The Balaban J connectivity index is 2.30. The molecule has 2 rings (SSSR count). The number of hydrogen-bond donors (Lipinski definition) is 1. The maximum Gasteiger partial charge on any atom is 0.113 e. The molecule has 0 spiro atoms. The molecular weight excluding hydrogens is 246 g/mol. The van der Waals surface area contributed by atoms with E-state index in [0.717, 1.165) is 25.2 Å². The van der Waals surface area contributed by atoms with Crippen molar-refractivity contribution in [2.24, 2.45) is 0 Å². The highest BCUT2D eigenvalue weighted by Crippen LogP contribution is 2.18. The monoisotopic (exact) mass is 271 g/mol. The number of nitrogens with zero attached hydrogens (tertiary/aromatic N) is 2. The Kier molecular flexibility index (Phi) is 4.96. The van der Waals surface area contributed by atoms with Crippen molar-refractivity contribution in [2.75, 3.05) is 0 Å². The van der Waals surface area contributed by atoms with Gasteiger partial charge in [-0.2, -0.15) is 0 Å². The maximum absolute atomic E-state index is 4.47. The van der Waals surface area contributed by atoms with Gasteiger partial charge in [-0.25, -0.2) is 4.98 Å². The summed E-state index contributed by atoms with van der Waals surface area (Å²) >= 11 is 0. The van der Waals surface area contributed by atoms with Gasteiger partial charge in [-0.05, 0) is 30.5 Å². The van der Waals surface area contributed by atoms with Crippen molar-refractivity contribution in [3.05, 3.63) is 47.5 Å². The SMILES string of the molecule is CCCc1nccn1-c1cc(CNC(C)C)ccc1C. The van der Waals surface area contributed by atoms with Crippen LogP contribution in [0, 0.1) is 6.92 Å². The molecule has 1 N–H and O–H groups in total. The molecule has 0 atom stereocenters. The normalized spacial score (nSPS) is 11.2. The van der Waals surface area contributed by atoms with E-state index in [1.807, 2.05) is 6.20 Å². The summed E-state index contributed by atoms with van der Waals surface area (Å²) in [5.74, 6) is 1.14. The van der Waals surface area contributed by atoms with Crippen molar-refractivity contribution in [1.82, 2.24) is 14.9 Å². The molecule has 0 aliphatic carbocycles. The van der Waals surface area contributed by atoms with E-state index in [1.54, 1.807) is 0 Å². The van der Waals surface area contributed by atoms with E-state index in [0.29, 0.717) is 6.04 Å². The molecule has 0 amide bonds. The number of benzene rings is 1. The average Bonchev–Trinajstić information content (AvgIpc) is 2.86. The number of nitrogens with one attached hydrogen (secondary N) is 1. The molecule has 0 aliphatic heterocycles. The largest absolute Gasteiger partial charge is 0.310 e. The highest BCUT2D eigenvalue weighted by atomic mass is 15.1. The van der Waals surface area contributed by atoms with Crippen LogP contribution in [0.1, 0.15) is 44.1 Å². The molecule has 1 aromatic heterocycles. The molecule has 20 heavy (non-hydrogen) atoms. The molecule has 0 bridgehead atoms. The van der Waals surface area contributed by atoms with Gasteiger partial charge in [0, 0.05) is 37.1 Å². The van der Waals surface area contributed by atoms with Crippen molar-refractivity contribution in [3.63, 3.8) is 0 Å². The van der Waals surface area contributed by atoms with E-state index in [1.165, 1.54) is 16.8 Å². The Morgan fingerprint density at radius 1 is 1.30 bits per heavy atom. The van der Waals surface area contributed by atoms with Gasteiger partial charge >= 0.3 is 0 Å². The molecule has 3 heteroatoms. The van der Waals surface area contributed by atoms with E-state index in [-0.39, 0.29) is 0 Å². The zero-order valence-electron chi connectivity index (χ0n) is 13.0. The molecule has 0 aliphatic rings. The second kappa shape index (κ2) is 6.71. The summed E-state index contributed by atoms with van der Waals surface area (Å²) in [6, 6.07) is 7.17. The molecule has 1 heterocycles. The summed E-state index contributed by atoms with van der Waals surface area (Å²) in [4.78, 5) is 4.47. The predicted octanol–water partition coefficient (Wildman–Crippen LogP) is 3.63. The number of aryl methyl sites for hydroxylation is 2. The van der Waals surface area contributed by atoms with Gasteiger partial charge in [0.25, 0.3) is 0 Å². The summed E-state index contributed by atoms with van der Waals surface area (Å²) < 4.78 is 2.22. The van der Waals surface area contributed by atoms with Gasteiger partial charge in [0.2, 0.25) is 0 Å². The number of rotatable bonds is 6. The zero-order chi connectivity index (χ0) is 14.5. The first-order valence-electron chi connectivity index (χ1n) is 7.47. The molecule has 3 nitrogen and oxygen atoms in total. The minimum atomic E-state index is 0.503. The maximum atomic E-state index is 4.47. The number of aromatic nitrogens is 2. The smallest absolute Gasteiger partial charge is 0.113 e. The second-order valence-electron chi connectivity index (χ2n) is 5.62. The number of imidazole rings is 1. The third-order valence-electron chi connectivity index (χ3n) is 3.44. The Morgan fingerprint density at radius 3 is 2.80 bits per heavy atom. The van der Waals surface area contributed by atoms with Crippen LogP contribution in [-0.4, -0.2) is 15.6 Å². The lowest BCUT2D eigenvalue weighted by Gasteiger charge is -2.14. The van der Waals surface area contributed by atoms with Crippen LogP contribution < -0.4 is 5.32 Å². The van der Waals surface area contributed by atoms with Gasteiger partial charge in [-0.15, -0.1) is 0 Å². The standard InChI is InChI=1S/C17H25N3/c1-5-6-17-18-9-10-20(17)16-11-15(8-7-14(16)4)12-19-13(2)3/h7-11,13,19H,5-6,12H2,1-4H3. The molecule has 0 fully saturated rings. The zero-order valence-corrected chi connectivity index (χ0v) is 13.0. The van der Waals surface area contributed by atoms with Crippen LogP contribution in [0.15, 0.2) is 30.6 Å². The molecule has 0 saturated carbocycles. The molecule has 0 saturated heterocycles. The van der Waals surface area contributed by atoms with Gasteiger partial charge in [-0.1, -0.05) is 32.9 Å². The number of hydrogen-bond acceptors (Lipinski definition) is 2. The first kappa shape index (κ1) is 14.8. The fourth-order valence-corrected chi connectivity index (χ4v) is 2.31. The predicted molar refractivity (Wildman–Crippen MR) is 84.3 cm³/mol. The van der Waals surface area contributed by atoms with E-state index in [9.17, 15) is 0 Å². The molecule has 0 unspecified atom stereocenters.